The molecule has 0 N–H and O–H groups in total. The Kier molecular flexibility index (Phi) is 6.39. The highest BCUT2D eigenvalue weighted by molar-refractivity contribution is 7.18. The Balaban J connectivity index is 1.05. The van der Waals surface area contributed by atoms with Crippen molar-refractivity contribution in [2.45, 2.75) is 6.42 Å². The van der Waals surface area contributed by atoms with Crippen LogP contribution in [0.2, 0.25) is 0 Å². The standard InChI is InChI=1S/C44H28N4S/c1-3-10-30(11-4-1)42-45-43(31-12-5-2-6-13-31)47-44(46-42)32-16-7-14-28(20-21-32)33-17-8-18-35(26-33)48-37-19-9-15-29-22-23-36-40(39(29)37)38(48)27-34-24-25-49-41(34)36/h1-19,21-27H,20H2. The van der Waals surface area contributed by atoms with Crippen molar-refractivity contribution in [3.8, 4) is 28.5 Å². The van der Waals surface area contributed by atoms with E-state index in [0.29, 0.717) is 17.5 Å². The summed E-state index contributed by atoms with van der Waals surface area (Å²) in [4.78, 5) is 14.8. The number of thiophene rings is 1. The number of hydrogen-bond acceptors (Lipinski definition) is 4. The molecule has 3 heterocycles. The highest BCUT2D eigenvalue weighted by Gasteiger charge is 2.20. The van der Waals surface area contributed by atoms with Crippen molar-refractivity contribution in [3.63, 3.8) is 0 Å². The van der Waals surface area contributed by atoms with Gasteiger partial charge in [-0.1, -0.05) is 121 Å². The van der Waals surface area contributed by atoms with E-state index in [1.165, 1.54) is 53.8 Å². The van der Waals surface area contributed by atoms with E-state index in [9.17, 15) is 0 Å². The second-order valence-electron chi connectivity index (χ2n) is 12.4. The molecule has 0 saturated heterocycles. The molecule has 3 aromatic heterocycles. The molecule has 0 bridgehead atoms. The van der Waals surface area contributed by atoms with Gasteiger partial charge in [0.05, 0.1) is 11.0 Å². The molecule has 10 rings (SSSR count). The van der Waals surface area contributed by atoms with Gasteiger partial charge in [0.25, 0.3) is 0 Å². The zero-order valence-electron chi connectivity index (χ0n) is 26.4. The largest absolute Gasteiger partial charge is 0.309 e. The first kappa shape index (κ1) is 27.9. The van der Waals surface area contributed by atoms with Crippen LogP contribution in [0.4, 0.5) is 0 Å². The van der Waals surface area contributed by atoms with Crippen molar-refractivity contribution in [2.75, 3.05) is 0 Å². The molecule has 5 heteroatoms. The third kappa shape index (κ3) is 4.62. The Morgan fingerprint density at radius 3 is 2.10 bits per heavy atom. The average molecular weight is 645 g/mol. The van der Waals surface area contributed by atoms with E-state index < -0.39 is 0 Å². The molecule has 4 nitrogen and oxygen atoms in total. The fourth-order valence-electron chi connectivity index (χ4n) is 7.24. The zero-order valence-corrected chi connectivity index (χ0v) is 27.2. The monoisotopic (exact) mass is 644 g/mol. The maximum atomic E-state index is 4.96. The fraction of sp³-hybridized carbons (Fsp3) is 0.0227. The molecule has 9 aromatic rings. The van der Waals surface area contributed by atoms with E-state index in [1.807, 2.05) is 72.0 Å². The predicted molar refractivity (Wildman–Crippen MR) is 205 cm³/mol. The molecule has 0 spiro atoms. The van der Waals surface area contributed by atoms with Crippen LogP contribution in [-0.2, 0) is 0 Å². The van der Waals surface area contributed by atoms with Gasteiger partial charge in [0.1, 0.15) is 0 Å². The summed E-state index contributed by atoms with van der Waals surface area (Å²) in [6, 6.07) is 45.0. The minimum absolute atomic E-state index is 0.667. The van der Waals surface area contributed by atoms with E-state index in [-0.39, 0.29) is 0 Å². The number of fused-ring (bicyclic) bond motifs is 2. The minimum atomic E-state index is 0.667. The Bertz CT molecular complexity index is 2730. The molecule has 230 valence electrons. The Hall–Kier alpha value is -6.17. The molecule has 0 fully saturated rings. The van der Waals surface area contributed by atoms with Crippen molar-refractivity contribution in [2.24, 2.45) is 0 Å². The molecule has 0 unspecified atom stereocenters. The molecule has 6 aromatic carbocycles. The summed E-state index contributed by atoms with van der Waals surface area (Å²) >= 11 is 1.82. The van der Waals surface area contributed by atoms with E-state index >= 15 is 0 Å². The van der Waals surface area contributed by atoms with Gasteiger partial charge in [-0.25, -0.2) is 15.0 Å². The molecule has 0 atom stereocenters. The molecular weight excluding hydrogens is 617 g/mol. The first-order valence-corrected chi connectivity index (χ1v) is 17.4. The van der Waals surface area contributed by atoms with Crippen LogP contribution in [-0.4, -0.2) is 19.5 Å². The van der Waals surface area contributed by atoms with Crippen LogP contribution < -0.4 is 0 Å². The van der Waals surface area contributed by atoms with Crippen LogP contribution in [0.15, 0.2) is 157 Å². The normalized spacial score (nSPS) is 13.4. The highest BCUT2D eigenvalue weighted by atomic mass is 32.1. The molecule has 0 amide bonds. The maximum absolute atomic E-state index is 4.96. The Morgan fingerprint density at radius 1 is 0.571 bits per heavy atom. The van der Waals surface area contributed by atoms with Gasteiger partial charge >= 0.3 is 0 Å². The van der Waals surface area contributed by atoms with Crippen LogP contribution in [0.3, 0.4) is 0 Å². The number of hydrogen-bond donors (Lipinski definition) is 0. The molecule has 49 heavy (non-hydrogen) atoms. The van der Waals surface area contributed by atoms with Gasteiger partial charge in [0, 0.05) is 43.2 Å². The van der Waals surface area contributed by atoms with Crippen LogP contribution in [0.5, 0.6) is 0 Å². The third-order valence-corrected chi connectivity index (χ3v) is 10.5. The Morgan fingerprint density at radius 2 is 1.31 bits per heavy atom. The second kappa shape index (κ2) is 11.2. The summed E-state index contributed by atoms with van der Waals surface area (Å²) in [6.07, 6.45) is 9.44. The first-order chi connectivity index (χ1) is 24.3. The maximum Gasteiger partial charge on any atom is 0.164 e. The van der Waals surface area contributed by atoms with Gasteiger partial charge in [0.2, 0.25) is 0 Å². The summed E-state index contributed by atoms with van der Waals surface area (Å²) < 4.78 is 3.80. The smallest absolute Gasteiger partial charge is 0.164 e. The minimum Gasteiger partial charge on any atom is -0.309 e. The number of nitrogens with zero attached hydrogens (tertiary/aromatic N) is 4. The van der Waals surface area contributed by atoms with Gasteiger partial charge in [-0.2, -0.15) is 0 Å². The predicted octanol–water partition coefficient (Wildman–Crippen LogP) is 11.5. The number of rotatable bonds is 5. The number of benzene rings is 6. The van der Waals surface area contributed by atoms with Crippen molar-refractivity contribution >= 4 is 65.1 Å². The molecule has 1 aliphatic rings. The fourth-order valence-corrected chi connectivity index (χ4v) is 8.15. The molecule has 0 radical (unpaired) electrons. The lowest BCUT2D eigenvalue weighted by Gasteiger charge is -2.12. The molecular formula is C44H28N4S. The van der Waals surface area contributed by atoms with Crippen molar-refractivity contribution in [3.05, 3.63) is 168 Å². The van der Waals surface area contributed by atoms with Gasteiger partial charge in [-0.3, -0.25) is 0 Å². The topological polar surface area (TPSA) is 43.6 Å². The molecule has 0 aliphatic heterocycles. The highest BCUT2D eigenvalue weighted by Crippen LogP contribution is 2.43. The van der Waals surface area contributed by atoms with Crippen molar-refractivity contribution in [1.29, 1.82) is 0 Å². The summed E-state index contributed by atoms with van der Waals surface area (Å²) in [5.41, 5.74) is 8.99. The van der Waals surface area contributed by atoms with E-state index in [4.69, 9.17) is 15.0 Å². The van der Waals surface area contributed by atoms with Gasteiger partial charge in [0.15, 0.2) is 17.5 Å². The van der Waals surface area contributed by atoms with Crippen LogP contribution >= 0.6 is 11.3 Å². The quantitative estimate of drug-likeness (QED) is 0.175. The van der Waals surface area contributed by atoms with Crippen LogP contribution in [0.1, 0.15) is 17.8 Å². The molecule has 0 saturated carbocycles. The van der Waals surface area contributed by atoms with Gasteiger partial charge in [-0.15, -0.1) is 11.3 Å². The summed E-state index contributed by atoms with van der Waals surface area (Å²) in [6.45, 7) is 0. The lowest BCUT2D eigenvalue weighted by molar-refractivity contribution is 1.04. The van der Waals surface area contributed by atoms with E-state index in [0.717, 1.165) is 28.8 Å². The summed E-state index contributed by atoms with van der Waals surface area (Å²) in [7, 11) is 0. The lowest BCUT2D eigenvalue weighted by Crippen LogP contribution is -2.02. The second-order valence-corrected chi connectivity index (χ2v) is 13.4. The Labute approximate surface area is 287 Å². The number of allylic oxidation sites excluding steroid dienone is 6. The third-order valence-electron chi connectivity index (χ3n) is 9.54. The van der Waals surface area contributed by atoms with Crippen LogP contribution in [0.25, 0.3) is 82.3 Å². The average Bonchev–Trinajstić information content (AvgIpc) is 3.68. The first-order valence-electron chi connectivity index (χ1n) is 16.5. The lowest BCUT2D eigenvalue weighted by atomic mass is 10.0. The number of aromatic nitrogens is 4. The molecule has 1 aliphatic carbocycles. The van der Waals surface area contributed by atoms with Gasteiger partial charge in [-0.05, 0) is 64.0 Å². The van der Waals surface area contributed by atoms with E-state index in [1.54, 1.807) is 0 Å². The zero-order chi connectivity index (χ0) is 32.3. The SMILES string of the molecule is C1=CC(c2nc(-c3ccccc3)nc(-c3ccccc3)n2)=CCC(c2cccc(-n3c4cccc5ccc6c7sccc7cc3c6c54)c2)=C1. The van der Waals surface area contributed by atoms with E-state index in [2.05, 4.69) is 101 Å². The van der Waals surface area contributed by atoms with Crippen molar-refractivity contribution in [1.82, 2.24) is 19.5 Å². The van der Waals surface area contributed by atoms with Crippen molar-refractivity contribution < 1.29 is 0 Å². The van der Waals surface area contributed by atoms with Gasteiger partial charge < -0.3 is 4.57 Å². The van der Waals surface area contributed by atoms with Crippen LogP contribution in [0, 0.1) is 0 Å². The summed E-state index contributed by atoms with van der Waals surface area (Å²) in [5, 5.41) is 8.78. The summed E-state index contributed by atoms with van der Waals surface area (Å²) in [5.74, 6) is 2.00.